The quantitative estimate of drug-likeness (QED) is 0.794. The van der Waals surface area contributed by atoms with Crippen LogP contribution in [-0.4, -0.2) is 31.1 Å². The molecule has 0 bridgehead atoms. The third-order valence-electron chi connectivity index (χ3n) is 2.36. The smallest absolute Gasteiger partial charge is 0.336 e. The second kappa shape index (κ2) is 5.34. The van der Waals surface area contributed by atoms with E-state index in [1.165, 1.54) is 26.4 Å². The monoisotopic (exact) mass is 238 g/mol. The molecule has 17 heavy (non-hydrogen) atoms. The third-order valence-corrected chi connectivity index (χ3v) is 2.36. The zero-order valence-corrected chi connectivity index (χ0v) is 9.94. The molecule has 5 heteroatoms. The number of Topliss-reactive ketones (excluding diaryl/α,β-unsaturated/α-hetero) is 1. The average molecular weight is 238 g/mol. The molecule has 0 saturated heterocycles. The average Bonchev–Trinajstić information content (AvgIpc) is 2.35. The Morgan fingerprint density at radius 3 is 2.29 bits per heavy atom. The zero-order chi connectivity index (χ0) is 13.0. The molecule has 0 aromatic heterocycles. The van der Waals surface area contributed by atoms with Gasteiger partial charge in [0, 0.05) is 12.5 Å². The lowest BCUT2D eigenvalue weighted by atomic mass is 10.0. The van der Waals surface area contributed by atoms with E-state index in [0.717, 1.165) is 0 Å². The van der Waals surface area contributed by atoms with Crippen molar-refractivity contribution in [2.24, 2.45) is 0 Å². The minimum absolute atomic E-state index is 0.0864. The van der Waals surface area contributed by atoms with Crippen molar-refractivity contribution >= 4 is 11.8 Å². The molecule has 1 aromatic rings. The Morgan fingerprint density at radius 2 is 1.88 bits per heavy atom. The number of carbonyl (C=O) groups is 2. The van der Waals surface area contributed by atoms with Crippen molar-refractivity contribution < 1.29 is 24.2 Å². The van der Waals surface area contributed by atoms with Crippen LogP contribution in [-0.2, 0) is 0 Å². The van der Waals surface area contributed by atoms with Crippen LogP contribution in [0.4, 0.5) is 0 Å². The van der Waals surface area contributed by atoms with E-state index in [2.05, 4.69) is 0 Å². The second-order valence-corrected chi connectivity index (χ2v) is 3.33. The fourth-order valence-electron chi connectivity index (χ4n) is 1.50. The van der Waals surface area contributed by atoms with Gasteiger partial charge in [-0.1, -0.05) is 6.92 Å². The van der Waals surface area contributed by atoms with Crippen LogP contribution >= 0.6 is 0 Å². The lowest BCUT2D eigenvalue weighted by molar-refractivity contribution is 0.0690. The summed E-state index contributed by atoms with van der Waals surface area (Å²) in [6.07, 6.45) is 0.211. The predicted octanol–water partition coefficient (Wildman–Crippen LogP) is 1.99. The molecule has 0 atom stereocenters. The largest absolute Gasteiger partial charge is 0.497 e. The van der Waals surface area contributed by atoms with Gasteiger partial charge < -0.3 is 14.6 Å². The number of carbonyl (C=O) groups excluding carboxylic acids is 1. The molecular weight excluding hydrogens is 224 g/mol. The molecule has 0 fully saturated rings. The number of hydrogen-bond donors (Lipinski definition) is 1. The highest BCUT2D eigenvalue weighted by Gasteiger charge is 2.21. The van der Waals surface area contributed by atoms with Crippen LogP contribution < -0.4 is 9.47 Å². The van der Waals surface area contributed by atoms with Crippen molar-refractivity contribution in [2.45, 2.75) is 13.3 Å². The summed E-state index contributed by atoms with van der Waals surface area (Å²) in [6, 6.07) is 2.81. The number of carboxylic acid groups (broad SMARTS) is 1. The van der Waals surface area contributed by atoms with E-state index in [1.54, 1.807) is 6.92 Å². The molecule has 1 aromatic carbocycles. The van der Waals surface area contributed by atoms with Gasteiger partial charge in [-0.2, -0.15) is 0 Å². The van der Waals surface area contributed by atoms with Crippen molar-refractivity contribution in [1.29, 1.82) is 0 Å². The van der Waals surface area contributed by atoms with Crippen LogP contribution in [0.1, 0.15) is 34.1 Å². The highest BCUT2D eigenvalue weighted by Crippen LogP contribution is 2.29. The maximum atomic E-state index is 11.7. The topological polar surface area (TPSA) is 72.8 Å². The Labute approximate surface area is 99.0 Å². The van der Waals surface area contributed by atoms with Gasteiger partial charge >= 0.3 is 5.97 Å². The van der Waals surface area contributed by atoms with Crippen LogP contribution in [0.5, 0.6) is 11.5 Å². The molecule has 0 aliphatic heterocycles. The van der Waals surface area contributed by atoms with E-state index in [1.807, 2.05) is 0 Å². The van der Waals surface area contributed by atoms with Crippen LogP contribution in [0.3, 0.4) is 0 Å². The Kier molecular flexibility index (Phi) is 4.09. The number of ketones is 1. The first-order valence-corrected chi connectivity index (χ1v) is 5.07. The minimum atomic E-state index is -1.18. The molecule has 1 N–H and O–H groups in total. The lowest BCUT2D eigenvalue weighted by Gasteiger charge is -2.12. The molecule has 1 rings (SSSR count). The summed E-state index contributed by atoms with van der Waals surface area (Å²) >= 11 is 0. The normalized spacial score (nSPS) is 9.82. The van der Waals surface area contributed by atoms with Crippen molar-refractivity contribution in [3.8, 4) is 11.5 Å². The number of methoxy groups -OCH3 is 2. The number of rotatable bonds is 5. The summed E-state index contributed by atoms with van der Waals surface area (Å²) in [4.78, 5) is 22.8. The van der Waals surface area contributed by atoms with Crippen molar-refractivity contribution in [3.05, 3.63) is 23.3 Å². The van der Waals surface area contributed by atoms with Gasteiger partial charge in [0.15, 0.2) is 5.78 Å². The fraction of sp³-hybridized carbons (Fsp3) is 0.333. The molecule has 92 valence electrons. The van der Waals surface area contributed by atoms with Crippen molar-refractivity contribution in [2.75, 3.05) is 14.2 Å². The molecule has 0 spiro atoms. The Hall–Kier alpha value is -2.04. The van der Waals surface area contributed by atoms with Gasteiger partial charge in [0.05, 0.1) is 25.3 Å². The third kappa shape index (κ3) is 2.55. The van der Waals surface area contributed by atoms with Crippen LogP contribution in [0, 0.1) is 0 Å². The SMILES string of the molecule is CCC(=O)c1c(OC)cc(OC)cc1C(=O)O. The van der Waals surface area contributed by atoms with E-state index >= 15 is 0 Å². The van der Waals surface area contributed by atoms with Gasteiger partial charge in [-0.25, -0.2) is 4.79 Å². The zero-order valence-electron chi connectivity index (χ0n) is 9.94. The van der Waals surface area contributed by atoms with Crippen LogP contribution in [0.2, 0.25) is 0 Å². The summed E-state index contributed by atoms with van der Waals surface area (Å²) in [5.41, 5.74) is -0.0173. The van der Waals surface area contributed by atoms with Gasteiger partial charge in [-0.05, 0) is 6.07 Å². The second-order valence-electron chi connectivity index (χ2n) is 3.33. The highest BCUT2D eigenvalue weighted by molar-refractivity contribution is 6.08. The first kappa shape index (κ1) is 13.0. The summed E-state index contributed by atoms with van der Waals surface area (Å²) in [5, 5.41) is 9.09. The summed E-state index contributed by atoms with van der Waals surface area (Å²) in [6.45, 7) is 1.66. The number of aromatic carboxylic acids is 1. The number of ether oxygens (including phenoxy) is 2. The standard InChI is InChI=1S/C12H14O5/c1-4-9(13)11-8(12(14)15)5-7(16-2)6-10(11)17-3/h5-6H,4H2,1-3H3,(H,14,15). The van der Waals surface area contributed by atoms with Crippen LogP contribution in [0.15, 0.2) is 12.1 Å². The predicted molar refractivity (Wildman–Crippen MR) is 61.1 cm³/mol. The molecular formula is C12H14O5. The van der Waals surface area contributed by atoms with E-state index in [0.29, 0.717) is 5.75 Å². The lowest BCUT2D eigenvalue weighted by Crippen LogP contribution is -2.10. The molecule has 5 nitrogen and oxygen atoms in total. The van der Waals surface area contributed by atoms with E-state index in [4.69, 9.17) is 14.6 Å². The summed E-state index contributed by atoms with van der Waals surface area (Å²) in [5.74, 6) is -0.901. The molecule has 0 aliphatic carbocycles. The maximum Gasteiger partial charge on any atom is 0.336 e. The molecule has 0 radical (unpaired) electrons. The number of carboxylic acids is 1. The fourth-order valence-corrected chi connectivity index (χ4v) is 1.50. The molecule has 0 heterocycles. The van der Waals surface area contributed by atoms with Gasteiger partial charge in [0.2, 0.25) is 0 Å². The molecule has 0 amide bonds. The molecule has 0 saturated carbocycles. The van der Waals surface area contributed by atoms with Crippen molar-refractivity contribution in [1.82, 2.24) is 0 Å². The van der Waals surface area contributed by atoms with E-state index in [-0.39, 0.29) is 29.1 Å². The maximum absolute atomic E-state index is 11.7. The van der Waals surface area contributed by atoms with Gasteiger partial charge in [0.1, 0.15) is 11.5 Å². The van der Waals surface area contributed by atoms with E-state index < -0.39 is 5.97 Å². The number of hydrogen-bond acceptors (Lipinski definition) is 4. The first-order chi connectivity index (χ1) is 8.04. The van der Waals surface area contributed by atoms with Crippen molar-refractivity contribution in [3.63, 3.8) is 0 Å². The molecule has 0 unspecified atom stereocenters. The Balaban J connectivity index is 3.52. The van der Waals surface area contributed by atoms with Gasteiger partial charge in [-0.15, -0.1) is 0 Å². The van der Waals surface area contributed by atoms with Gasteiger partial charge in [0.25, 0.3) is 0 Å². The van der Waals surface area contributed by atoms with Gasteiger partial charge in [-0.3, -0.25) is 4.79 Å². The Bertz CT molecular complexity index is 450. The summed E-state index contributed by atoms with van der Waals surface area (Å²) < 4.78 is 10.00. The van der Waals surface area contributed by atoms with Crippen LogP contribution in [0.25, 0.3) is 0 Å². The summed E-state index contributed by atoms with van der Waals surface area (Å²) in [7, 11) is 2.80. The minimum Gasteiger partial charge on any atom is -0.497 e. The van der Waals surface area contributed by atoms with E-state index in [9.17, 15) is 9.59 Å². The Morgan fingerprint density at radius 1 is 1.24 bits per heavy atom. The molecule has 0 aliphatic rings. The highest BCUT2D eigenvalue weighted by atomic mass is 16.5. The number of benzene rings is 1. The first-order valence-electron chi connectivity index (χ1n) is 5.07.